The van der Waals surface area contributed by atoms with Gasteiger partial charge >= 0.3 is 0 Å². The highest BCUT2D eigenvalue weighted by Crippen LogP contribution is 2.24. The topological polar surface area (TPSA) is 90.4 Å². The lowest BCUT2D eigenvalue weighted by molar-refractivity contribution is 0.102. The van der Waals surface area contributed by atoms with Gasteiger partial charge < -0.3 is 15.0 Å². The highest BCUT2D eigenvalue weighted by molar-refractivity contribution is 6.06. The molecule has 1 aromatic heterocycles. The average Bonchev–Trinajstić information content (AvgIpc) is 2.70. The van der Waals surface area contributed by atoms with E-state index < -0.39 is 0 Å². The summed E-state index contributed by atoms with van der Waals surface area (Å²) in [5.41, 5.74) is 8.02. The van der Waals surface area contributed by atoms with Gasteiger partial charge in [0.25, 0.3) is 5.91 Å². The van der Waals surface area contributed by atoms with Crippen LogP contribution in [-0.2, 0) is 0 Å². The molecule has 0 aliphatic heterocycles. The van der Waals surface area contributed by atoms with Crippen molar-refractivity contribution in [1.82, 2.24) is 5.16 Å². The summed E-state index contributed by atoms with van der Waals surface area (Å²) >= 11 is 0. The van der Waals surface area contributed by atoms with Gasteiger partial charge in [0.15, 0.2) is 0 Å². The Morgan fingerprint density at radius 2 is 2.16 bits per heavy atom. The van der Waals surface area contributed by atoms with Crippen LogP contribution in [0.4, 0.5) is 11.6 Å². The van der Waals surface area contributed by atoms with Gasteiger partial charge in [-0.25, -0.2) is 0 Å². The largest absolute Gasteiger partial charge is 0.496 e. The number of aryl methyl sites for hydroxylation is 1. The van der Waals surface area contributed by atoms with E-state index >= 15 is 0 Å². The van der Waals surface area contributed by atoms with Crippen LogP contribution in [0.1, 0.15) is 21.6 Å². The number of nitrogen functional groups attached to an aromatic ring is 1. The second-order valence-corrected chi connectivity index (χ2v) is 4.14. The molecular weight excluding hydrogens is 246 g/mol. The number of aromatic nitrogens is 1. The van der Waals surface area contributed by atoms with Crippen LogP contribution >= 0.6 is 0 Å². The van der Waals surface area contributed by atoms with Crippen LogP contribution in [0.25, 0.3) is 0 Å². The molecule has 0 spiro atoms. The molecule has 0 saturated carbocycles. The fraction of sp³-hybridized carbons (Fsp3) is 0.231. The lowest BCUT2D eigenvalue weighted by atomic mass is 10.1. The third-order valence-electron chi connectivity index (χ3n) is 2.85. The Bertz CT molecular complexity index is 620. The number of carbonyl (C=O) groups excluding carboxylic acids is 1. The van der Waals surface area contributed by atoms with Gasteiger partial charge in [0.05, 0.1) is 18.4 Å². The van der Waals surface area contributed by atoms with Crippen molar-refractivity contribution < 1.29 is 14.1 Å². The number of benzene rings is 1. The number of carbonyl (C=O) groups is 1. The minimum Gasteiger partial charge on any atom is -0.496 e. The molecule has 3 N–H and O–H groups in total. The number of nitrogens with zero attached hydrogens (tertiary/aromatic N) is 1. The molecule has 0 radical (unpaired) electrons. The summed E-state index contributed by atoms with van der Waals surface area (Å²) < 4.78 is 10.2. The molecule has 2 aromatic rings. The molecule has 2 rings (SSSR count). The van der Waals surface area contributed by atoms with Gasteiger partial charge in [-0.15, -0.1) is 0 Å². The lowest BCUT2D eigenvalue weighted by Gasteiger charge is -2.08. The number of amides is 1. The Hall–Kier alpha value is -2.50. The molecule has 6 nitrogen and oxygen atoms in total. The van der Waals surface area contributed by atoms with E-state index in [1.54, 1.807) is 25.1 Å². The van der Waals surface area contributed by atoms with E-state index in [1.807, 2.05) is 6.92 Å². The third kappa shape index (κ3) is 2.52. The van der Waals surface area contributed by atoms with E-state index in [2.05, 4.69) is 10.5 Å². The van der Waals surface area contributed by atoms with Crippen LogP contribution in [0.2, 0.25) is 0 Å². The lowest BCUT2D eigenvalue weighted by Crippen LogP contribution is -2.13. The minimum absolute atomic E-state index is 0.326. The van der Waals surface area contributed by atoms with Gasteiger partial charge in [-0.3, -0.25) is 10.1 Å². The SMILES string of the molecule is COc1ccc(N)cc1C(=O)Nc1onc(C)c1C. The van der Waals surface area contributed by atoms with Crippen molar-refractivity contribution in [3.63, 3.8) is 0 Å². The van der Waals surface area contributed by atoms with Crippen molar-refractivity contribution in [2.24, 2.45) is 0 Å². The molecule has 0 bridgehead atoms. The highest BCUT2D eigenvalue weighted by Gasteiger charge is 2.17. The summed E-state index contributed by atoms with van der Waals surface area (Å²) in [4.78, 5) is 12.2. The van der Waals surface area contributed by atoms with Gasteiger partial charge in [-0.1, -0.05) is 5.16 Å². The molecule has 6 heteroatoms. The Balaban J connectivity index is 2.30. The number of nitrogens with two attached hydrogens (primary N) is 1. The van der Waals surface area contributed by atoms with Crippen molar-refractivity contribution in [2.75, 3.05) is 18.2 Å². The molecule has 19 heavy (non-hydrogen) atoms. The summed E-state index contributed by atoms with van der Waals surface area (Å²) in [7, 11) is 1.49. The maximum Gasteiger partial charge on any atom is 0.261 e. The first-order valence-electron chi connectivity index (χ1n) is 5.70. The van der Waals surface area contributed by atoms with Crippen molar-refractivity contribution in [2.45, 2.75) is 13.8 Å². The predicted molar refractivity (Wildman–Crippen MR) is 71.3 cm³/mol. The van der Waals surface area contributed by atoms with E-state index in [9.17, 15) is 4.79 Å². The first-order chi connectivity index (χ1) is 9.02. The van der Waals surface area contributed by atoms with Crippen molar-refractivity contribution in [3.8, 4) is 5.75 Å². The molecule has 0 fully saturated rings. The zero-order chi connectivity index (χ0) is 14.0. The van der Waals surface area contributed by atoms with Gasteiger partial charge in [-0.05, 0) is 32.0 Å². The van der Waals surface area contributed by atoms with E-state index in [4.69, 9.17) is 15.0 Å². The maximum absolute atomic E-state index is 12.2. The predicted octanol–water partition coefficient (Wildman–Crippen LogP) is 2.13. The quantitative estimate of drug-likeness (QED) is 0.826. The number of hydrogen-bond acceptors (Lipinski definition) is 5. The summed E-state index contributed by atoms with van der Waals surface area (Å²) in [6.07, 6.45) is 0. The molecule has 1 aromatic carbocycles. The highest BCUT2D eigenvalue weighted by atomic mass is 16.5. The van der Waals surface area contributed by atoms with Gasteiger partial charge in [0, 0.05) is 11.3 Å². The van der Waals surface area contributed by atoms with E-state index in [1.165, 1.54) is 7.11 Å². The fourth-order valence-corrected chi connectivity index (χ4v) is 1.61. The number of nitrogens with one attached hydrogen (secondary N) is 1. The molecule has 0 atom stereocenters. The molecule has 0 aliphatic rings. The molecule has 0 saturated heterocycles. The number of rotatable bonds is 3. The second kappa shape index (κ2) is 5.01. The third-order valence-corrected chi connectivity index (χ3v) is 2.85. The molecule has 1 amide bonds. The second-order valence-electron chi connectivity index (χ2n) is 4.14. The van der Waals surface area contributed by atoms with Gasteiger partial charge in [0.1, 0.15) is 5.75 Å². The van der Waals surface area contributed by atoms with Crippen LogP contribution in [0.15, 0.2) is 22.7 Å². The Labute approximate surface area is 110 Å². The van der Waals surface area contributed by atoms with Gasteiger partial charge in [-0.2, -0.15) is 0 Å². The summed E-state index contributed by atoms with van der Waals surface area (Å²) in [6.45, 7) is 3.62. The monoisotopic (exact) mass is 261 g/mol. The normalized spacial score (nSPS) is 10.3. The number of ether oxygens (including phenoxy) is 1. The molecule has 100 valence electrons. The van der Waals surface area contributed by atoms with Crippen LogP contribution in [-0.4, -0.2) is 18.2 Å². The molecule has 0 aliphatic carbocycles. The first kappa shape index (κ1) is 12.9. The van der Waals surface area contributed by atoms with Crippen molar-refractivity contribution in [3.05, 3.63) is 35.0 Å². The number of hydrogen-bond donors (Lipinski definition) is 2. The summed E-state index contributed by atoms with van der Waals surface area (Å²) in [5.74, 6) is 0.413. The fourth-order valence-electron chi connectivity index (χ4n) is 1.61. The molecule has 0 unspecified atom stereocenters. The van der Waals surface area contributed by atoms with Crippen molar-refractivity contribution >= 4 is 17.5 Å². The Morgan fingerprint density at radius 3 is 2.74 bits per heavy atom. The van der Waals surface area contributed by atoms with Gasteiger partial charge in [0.2, 0.25) is 5.88 Å². The molecule has 1 heterocycles. The van der Waals surface area contributed by atoms with Crippen LogP contribution in [0, 0.1) is 13.8 Å². The maximum atomic E-state index is 12.2. The summed E-state index contributed by atoms with van der Waals surface area (Å²) in [6, 6.07) is 4.86. The Kier molecular flexibility index (Phi) is 3.41. The number of methoxy groups -OCH3 is 1. The van der Waals surface area contributed by atoms with Crippen LogP contribution in [0.5, 0.6) is 5.75 Å². The average molecular weight is 261 g/mol. The number of anilines is 2. The zero-order valence-corrected chi connectivity index (χ0v) is 11.0. The Morgan fingerprint density at radius 1 is 1.42 bits per heavy atom. The van der Waals surface area contributed by atoms with Crippen LogP contribution < -0.4 is 15.8 Å². The van der Waals surface area contributed by atoms with E-state index in [-0.39, 0.29) is 5.91 Å². The summed E-state index contributed by atoms with van der Waals surface area (Å²) in [5, 5.41) is 6.42. The standard InChI is InChI=1S/C13H15N3O3/c1-7-8(2)16-19-13(7)15-12(17)10-6-9(14)4-5-11(10)18-3/h4-6H,14H2,1-3H3,(H,15,17). The van der Waals surface area contributed by atoms with Crippen LogP contribution in [0.3, 0.4) is 0 Å². The minimum atomic E-state index is -0.358. The first-order valence-corrected chi connectivity index (χ1v) is 5.70. The smallest absolute Gasteiger partial charge is 0.261 e. The zero-order valence-electron chi connectivity index (χ0n) is 11.0. The molecular formula is C13H15N3O3. The van der Waals surface area contributed by atoms with E-state index in [0.29, 0.717) is 22.9 Å². The van der Waals surface area contributed by atoms with Crippen molar-refractivity contribution in [1.29, 1.82) is 0 Å². The van der Waals surface area contributed by atoms with E-state index in [0.717, 1.165) is 11.3 Å².